The van der Waals surface area contributed by atoms with Crippen LogP contribution in [0.15, 0.2) is 30.6 Å². The number of ether oxygens (including phenoxy) is 1. The van der Waals surface area contributed by atoms with Crippen molar-refractivity contribution >= 4 is 5.91 Å². The zero-order valence-corrected chi connectivity index (χ0v) is 15.0. The van der Waals surface area contributed by atoms with E-state index in [0.29, 0.717) is 18.8 Å². The van der Waals surface area contributed by atoms with E-state index in [-0.39, 0.29) is 5.91 Å². The Morgan fingerprint density at radius 3 is 2.52 bits per heavy atom. The highest BCUT2D eigenvalue weighted by Crippen LogP contribution is 2.22. The Balaban J connectivity index is 1.59. The lowest BCUT2D eigenvalue weighted by Gasteiger charge is -2.34. The second kappa shape index (κ2) is 7.61. The van der Waals surface area contributed by atoms with Crippen molar-refractivity contribution in [2.75, 3.05) is 33.3 Å². The molecule has 6 nitrogen and oxygen atoms in total. The molecule has 1 saturated heterocycles. The molecule has 2 aromatic rings. The summed E-state index contributed by atoms with van der Waals surface area (Å²) in [6, 6.07) is 6.24. The van der Waals surface area contributed by atoms with Crippen LogP contribution in [0.1, 0.15) is 27.3 Å². The van der Waals surface area contributed by atoms with Gasteiger partial charge in [-0.3, -0.25) is 14.7 Å². The van der Waals surface area contributed by atoms with E-state index >= 15 is 0 Å². The first-order valence-electron chi connectivity index (χ1n) is 8.50. The molecule has 0 bridgehead atoms. The van der Waals surface area contributed by atoms with Crippen molar-refractivity contribution in [1.29, 1.82) is 0 Å². The Labute approximate surface area is 148 Å². The van der Waals surface area contributed by atoms with Crippen molar-refractivity contribution in [3.05, 3.63) is 53.1 Å². The first-order valence-corrected chi connectivity index (χ1v) is 8.50. The number of rotatable bonds is 4. The van der Waals surface area contributed by atoms with Gasteiger partial charge in [0, 0.05) is 44.5 Å². The Bertz CT molecular complexity index is 738. The van der Waals surface area contributed by atoms with E-state index in [2.05, 4.69) is 33.9 Å². The van der Waals surface area contributed by atoms with Gasteiger partial charge in [-0.25, -0.2) is 4.98 Å². The zero-order chi connectivity index (χ0) is 17.8. The monoisotopic (exact) mass is 340 g/mol. The number of methoxy groups -OCH3 is 1. The summed E-state index contributed by atoms with van der Waals surface area (Å²) < 4.78 is 5.46. The van der Waals surface area contributed by atoms with Crippen molar-refractivity contribution in [3.63, 3.8) is 0 Å². The van der Waals surface area contributed by atoms with Gasteiger partial charge in [-0.2, -0.15) is 0 Å². The van der Waals surface area contributed by atoms with Gasteiger partial charge < -0.3 is 9.64 Å². The standard InChI is InChI=1S/C19H24N4O2/c1-14-4-5-18(25-3)16(10-14)13-22-6-8-23(9-7-22)19(24)17-12-20-15(2)11-21-17/h4-5,10-12H,6-9,13H2,1-3H3. The smallest absolute Gasteiger partial charge is 0.274 e. The van der Waals surface area contributed by atoms with Gasteiger partial charge in [0.2, 0.25) is 0 Å². The number of benzene rings is 1. The Morgan fingerprint density at radius 1 is 1.12 bits per heavy atom. The van der Waals surface area contributed by atoms with Crippen molar-refractivity contribution < 1.29 is 9.53 Å². The van der Waals surface area contributed by atoms with Crippen molar-refractivity contribution in [2.24, 2.45) is 0 Å². The number of aryl methyl sites for hydroxylation is 2. The van der Waals surface area contributed by atoms with Crippen LogP contribution in [0.4, 0.5) is 0 Å². The van der Waals surface area contributed by atoms with Gasteiger partial charge in [-0.1, -0.05) is 17.7 Å². The molecule has 25 heavy (non-hydrogen) atoms. The molecule has 3 rings (SSSR count). The summed E-state index contributed by atoms with van der Waals surface area (Å²) in [5, 5.41) is 0. The maximum absolute atomic E-state index is 12.5. The van der Waals surface area contributed by atoms with Gasteiger partial charge in [-0.05, 0) is 19.9 Å². The molecule has 0 N–H and O–H groups in total. The highest BCUT2D eigenvalue weighted by molar-refractivity contribution is 5.92. The minimum atomic E-state index is -0.0414. The number of piperazine rings is 1. The van der Waals surface area contributed by atoms with Crippen LogP contribution >= 0.6 is 0 Å². The van der Waals surface area contributed by atoms with Crippen LogP contribution in [-0.4, -0.2) is 59.0 Å². The van der Waals surface area contributed by atoms with Gasteiger partial charge in [-0.15, -0.1) is 0 Å². The van der Waals surface area contributed by atoms with E-state index < -0.39 is 0 Å². The predicted octanol–water partition coefficient (Wildman–Crippen LogP) is 2.06. The number of carbonyl (C=O) groups is 1. The topological polar surface area (TPSA) is 58.6 Å². The molecular weight excluding hydrogens is 316 g/mol. The molecule has 1 amide bonds. The summed E-state index contributed by atoms with van der Waals surface area (Å²) in [5.41, 5.74) is 3.64. The molecule has 0 saturated carbocycles. The number of amides is 1. The van der Waals surface area contributed by atoms with Crippen LogP contribution < -0.4 is 4.74 Å². The number of hydrogen-bond acceptors (Lipinski definition) is 5. The third-order valence-corrected chi connectivity index (χ3v) is 4.49. The van der Waals surface area contributed by atoms with Crippen molar-refractivity contribution in [2.45, 2.75) is 20.4 Å². The molecule has 132 valence electrons. The third-order valence-electron chi connectivity index (χ3n) is 4.49. The van der Waals surface area contributed by atoms with Gasteiger partial charge in [0.25, 0.3) is 5.91 Å². The Hall–Kier alpha value is -2.47. The average molecular weight is 340 g/mol. The predicted molar refractivity (Wildman–Crippen MR) is 95.7 cm³/mol. The van der Waals surface area contributed by atoms with E-state index in [1.165, 1.54) is 11.1 Å². The molecule has 1 aromatic carbocycles. The molecule has 0 atom stereocenters. The van der Waals surface area contributed by atoms with Crippen LogP contribution in [0, 0.1) is 13.8 Å². The van der Waals surface area contributed by atoms with E-state index in [0.717, 1.165) is 31.1 Å². The summed E-state index contributed by atoms with van der Waals surface area (Å²) in [6.45, 7) is 7.84. The quantitative estimate of drug-likeness (QED) is 0.853. The minimum Gasteiger partial charge on any atom is -0.496 e. The lowest BCUT2D eigenvalue weighted by atomic mass is 10.1. The minimum absolute atomic E-state index is 0.0414. The molecule has 1 aliphatic heterocycles. The molecule has 0 spiro atoms. The van der Waals surface area contributed by atoms with Crippen LogP contribution in [0.2, 0.25) is 0 Å². The largest absolute Gasteiger partial charge is 0.496 e. The highest BCUT2D eigenvalue weighted by atomic mass is 16.5. The fourth-order valence-electron chi connectivity index (χ4n) is 3.05. The van der Waals surface area contributed by atoms with E-state index in [9.17, 15) is 4.79 Å². The van der Waals surface area contributed by atoms with E-state index in [1.54, 1.807) is 19.5 Å². The zero-order valence-electron chi connectivity index (χ0n) is 15.0. The normalized spacial score (nSPS) is 15.2. The summed E-state index contributed by atoms with van der Waals surface area (Å²) in [7, 11) is 1.70. The highest BCUT2D eigenvalue weighted by Gasteiger charge is 2.23. The van der Waals surface area contributed by atoms with Gasteiger partial charge >= 0.3 is 0 Å². The van der Waals surface area contributed by atoms with Crippen LogP contribution in [-0.2, 0) is 6.54 Å². The fraction of sp³-hybridized carbons (Fsp3) is 0.421. The molecule has 0 radical (unpaired) electrons. The number of carbonyl (C=O) groups excluding carboxylic acids is 1. The van der Waals surface area contributed by atoms with Crippen LogP contribution in [0.3, 0.4) is 0 Å². The third kappa shape index (κ3) is 4.14. The maximum atomic E-state index is 12.5. The molecule has 2 heterocycles. The average Bonchev–Trinajstić information content (AvgIpc) is 2.63. The lowest BCUT2D eigenvalue weighted by Crippen LogP contribution is -2.48. The molecule has 6 heteroatoms. The summed E-state index contributed by atoms with van der Waals surface area (Å²) in [4.78, 5) is 25.1. The Kier molecular flexibility index (Phi) is 5.28. The summed E-state index contributed by atoms with van der Waals surface area (Å²) in [5.74, 6) is 0.874. The van der Waals surface area contributed by atoms with E-state index in [1.807, 2.05) is 17.9 Å². The Morgan fingerprint density at radius 2 is 1.88 bits per heavy atom. The first kappa shape index (κ1) is 17.4. The van der Waals surface area contributed by atoms with Gasteiger partial charge in [0.1, 0.15) is 11.4 Å². The molecular formula is C19H24N4O2. The van der Waals surface area contributed by atoms with Gasteiger partial charge in [0.15, 0.2) is 0 Å². The molecule has 0 aliphatic carbocycles. The summed E-state index contributed by atoms with van der Waals surface area (Å²) in [6.07, 6.45) is 3.19. The second-order valence-electron chi connectivity index (χ2n) is 6.43. The van der Waals surface area contributed by atoms with E-state index in [4.69, 9.17) is 4.74 Å². The first-order chi connectivity index (χ1) is 12.1. The van der Waals surface area contributed by atoms with Crippen molar-refractivity contribution in [3.8, 4) is 5.75 Å². The summed E-state index contributed by atoms with van der Waals surface area (Å²) >= 11 is 0. The lowest BCUT2D eigenvalue weighted by molar-refractivity contribution is 0.0621. The van der Waals surface area contributed by atoms with Crippen LogP contribution in [0.25, 0.3) is 0 Å². The SMILES string of the molecule is COc1ccc(C)cc1CN1CCN(C(=O)c2cnc(C)cn2)CC1. The number of aromatic nitrogens is 2. The molecule has 1 aromatic heterocycles. The fourth-order valence-corrected chi connectivity index (χ4v) is 3.05. The molecule has 0 unspecified atom stereocenters. The van der Waals surface area contributed by atoms with Crippen molar-refractivity contribution in [1.82, 2.24) is 19.8 Å². The van der Waals surface area contributed by atoms with Gasteiger partial charge in [0.05, 0.1) is 19.0 Å². The molecule has 1 aliphatic rings. The molecule has 1 fully saturated rings. The number of nitrogens with zero attached hydrogens (tertiary/aromatic N) is 4. The number of hydrogen-bond donors (Lipinski definition) is 0. The maximum Gasteiger partial charge on any atom is 0.274 e. The van der Waals surface area contributed by atoms with Crippen LogP contribution in [0.5, 0.6) is 5.75 Å². The second-order valence-corrected chi connectivity index (χ2v) is 6.43.